The number of hydrogen-bond acceptors (Lipinski definition) is 2. The van der Waals surface area contributed by atoms with Crippen molar-refractivity contribution in [2.24, 2.45) is 5.92 Å². The van der Waals surface area contributed by atoms with Gasteiger partial charge in [0.15, 0.2) is 0 Å². The van der Waals surface area contributed by atoms with Crippen molar-refractivity contribution in [3.63, 3.8) is 0 Å². The van der Waals surface area contributed by atoms with Crippen LogP contribution in [0.5, 0.6) is 0 Å². The summed E-state index contributed by atoms with van der Waals surface area (Å²) >= 11 is 0. The Hall–Kier alpha value is -1.17. The summed E-state index contributed by atoms with van der Waals surface area (Å²) in [6.07, 6.45) is 11.2. The minimum atomic E-state index is -0.441. The number of hydrogen-bond donors (Lipinski definition) is 0. The Morgan fingerprint density at radius 2 is 1.90 bits per heavy atom. The summed E-state index contributed by atoms with van der Waals surface area (Å²) in [5, 5.41) is 0. The molecule has 1 fully saturated rings. The van der Waals surface area contributed by atoms with Crippen molar-refractivity contribution < 1.29 is 9.53 Å². The van der Waals surface area contributed by atoms with Gasteiger partial charge in [-0.3, -0.25) is 0 Å². The van der Waals surface area contributed by atoms with E-state index in [1.54, 1.807) is 0 Å². The van der Waals surface area contributed by atoms with E-state index in [1.807, 2.05) is 25.7 Å². The molecule has 0 aromatic carbocycles. The Morgan fingerprint density at radius 3 is 2.40 bits per heavy atom. The van der Waals surface area contributed by atoms with Gasteiger partial charge in [-0.2, -0.15) is 0 Å². The summed E-state index contributed by atoms with van der Waals surface area (Å²) in [5.74, 6) is 3.42. The normalized spacial score (nSPS) is 22.9. The van der Waals surface area contributed by atoms with Crippen LogP contribution in [0.4, 0.5) is 4.79 Å². The van der Waals surface area contributed by atoms with E-state index in [9.17, 15) is 4.79 Å². The zero-order chi connectivity index (χ0) is 15.2. The van der Waals surface area contributed by atoms with Crippen LogP contribution in [0, 0.1) is 18.3 Å². The number of rotatable bonds is 4. The Labute approximate surface area is 124 Å². The van der Waals surface area contributed by atoms with Crippen LogP contribution in [0.1, 0.15) is 66.2 Å². The first-order chi connectivity index (χ1) is 9.33. The second-order valence-corrected chi connectivity index (χ2v) is 6.90. The molecule has 0 atom stereocenters. The van der Waals surface area contributed by atoms with Crippen molar-refractivity contribution in [1.29, 1.82) is 0 Å². The van der Waals surface area contributed by atoms with Crippen LogP contribution in [0.3, 0.4) is 0 Å². The molecule has 0 aliphatic heterocycles. The predicted octanol–water partition coefficient (Wildman–Crippen LogP) is 4.22. The molecule has 1 amide bonds. The first-order valence-electron chi connectivity index (χ1n) is 7.76. The summed E-state index contributed by atoms with van der Waals surface area (Å²) in [5.41, 5.74) is -0.441. The van der Waals surface area contributed by atoms with Crippen molar-refractivity contribution in [1.82, 2.24) is 4.90 Å². The van der Waals surface area contributed by atoms with Crippen LogP contribution >= 0.6 is 0 Å². The monoisotopic (exact) mass is 279 g/mol. The molecule has 0 bridgehead atoms. The molecular formula is C17H29NO2. The lowest BCUT2D eigenvalue weighted by Crippen LogP contribution is -2.45. The van der Waals surface area contributed by atoms with Gasteiger partial charge in [0.05, 0.1) is 0 Å². The molecule has 0 aromatic heterocycles. The van der Waals surface area contributed by atoms with Gasteiger partial charge in [-0.25, -0.2) is 4.79 Å². The maximum absolute atomic E-state index is 12.4. The highest BCUT2D eigenvalue weighted by Gasteiger charge is 2.30. The van der Waals surface area contributed by atoms with Gasteiger partial charge in [-0.05, 0) is 58.8 Å². The molecular weight excluding hydrogens is 250 g/mol. The molecule has 1 aliphatic rings. The van der Waals surface area contributed by atoms with Gasteiger partial charge in [-0.15, -0.1) is 12.3 Å². The summed E-state index contributed by atoms with van der Waals surface area (Å²) in [6, 6.07) is 0.318. The summed E-state index contributed by atoms with van der Waals surface area (Å²) < 4.78 is 5.55. The lowest BCUT2D eigenvalue weighted by molar-refractivity contribution is 0.0104. The Balaban J connectivity index is 2.64. The molecule has 1 aliphatic carbocycles. The standard InChI is InChI=1S/C17H29NO2/c1-6-7-8-13-18(16(19)20-17(3,4)5)15-11-9-14(2)10-12-15/h1,14-15H,7-13H2,2-5H3/t14-,15+. The molecule has 0 saturated heterocycles. The molecule has 1 rings (SSSR count). The third-order valence-corrected chi connectivity index (χ3v) is 3.77. The fourth-order valence-corrected chi connectivity index (χ4v) is 2.65. The van der Waals surface area contributed by atoms with Gasteiger partial charge >= 0.3 is 6.09 Å². The van der Waals surface area contributed by atoms with Crippen molar-refractivity contribution in [3.8, 4) is 12.3 Å². The van der Waals surface area contributed by atoms with Gasteiger partial charge < -0.3 is 9.64 Å². The SMILES string of the molecule is C#CCCCN(C(=O)OC(C)(C)C)[C@H]1CC[C@@H](C)CC1. The Kier molecular flexibility index (Phi) is 6.39. The molecule has 0 N–H and O–H groups in total. The predicted molar refractivity (Wildman–Crippen MR) is 82.4 cm³/mol. The van der Waals surface area contributed by atoms with E-state index in [2.05, 4.69) is 12.8 Å². The topological polar surface area (TPSA) is 29.5 Å². The van der Waals surface area contributed by atoms with Crippen molar-refractivity contribution >= 4 is 6.09 Å². The number of terminal acetylenes is 1. The fraction of sp³-hybridized carbons (Fsp3) is 0.824. The van der Waals surface area contributed by atoms with E-state index in [1.165, 1.54) is 12.8 Å². The van der Waals surface area contributed by atoms with Crippen LogP contribution < -0.4 is 0 Å². The first-order valence-corrected chi connectivity index (χ1v) is 7.76. The lowest BCUT2D eigenvalue weighted by Gasteiger charge is -2.37. The van der Waals surface area contributed by atoms with Crippen molar-refractivity contribution in [2.45, 2.75) is 77.9 Å². The maximum Gasteiger partial charge on any atom is 0.410 e. The highest BCUT2D eigenvalue weighted by atomic mass is 16.6. The van der Waals surface area contributed by atoms with Gasteiger partial charge in [-0.1, -0.05) is 6.92 Å². The molecule has 0 heterocycles. The molecule has 0 radical (unpaired) electrons. The number of carbonyl (C=O) groups is 1. The lowest BCUT2D eigenvalue weighted by atomic mass is 9.86. The van der Waals surface area contributed by atoms with E-state index in [0.717, 1.165) is 25.2 Å². The highest BCUT2D eigenvalue weighted by Crippen LogP contribution is 2.28. The fourth-order valence-electron chi connectivity index (χ4n) is 2.65. The zero-order valence-corrected chi connectivity index (χ0v) is 13.4. The molecule has 114 valence electrons. The smallest absolute Gasteiger partial charge is 0.410 e. The third kappa shape index (κ3) is 5.86. The largest absolute Gasteiger partial charge is 0.444 e. The third-order valence-electron chi connectivity index (χ3n) is 3.77. The second-order valence-electron chi connectivity index (χ2n) is 6.90. The minimum absolute atomic E-state index is 0.186. The number of amides is 1. The van der Waals surface area contributed by atoms with Crippen LogP contribution in [-0.4, -0.2) is 29.2 Å². The van der Waals surface area contributed by atoms with Crippen LogP contribution in [0.15, 0.2) is 0 Å². The quantitative estimate of drug-likeness (QED) is 0.569. The van der Waals surface area contributed by atoms with Crippen molar-refractivity contribution in [3.05, 3.63) is 0 Å². The number of ether oxygens (including phenoxy) is 1. The summed E-state index contributed by atoms with van der Waals surface area (Å²) in [6.45, 7) is 8.72. The summed E-state index contributed by atoms with van der Waals surface area (Å²) in [4.78, 5) is 14.3. The second kappa shape index (κ2) is 7.57. The number of nitrogens with zero attached hydrogens (tertiary/aromatic N) is 1. The van der Waals surface area contributed by atoms with Crippen LogP contribution in [-0.2, 0) is 4.74 Å². The average molecular weight is 279 g/mol. The Morgan fingerprint density at radius 1 is 1.30 bits per heavy atom. The van der Waals surface area contributed by atoms with Gasteiger partial charge in [0, 0.05) is 19.0 Å². The van der Waals surface area contributed by atoms with Gasteiger partial charge in [0.25, 0.3) is 0 Å². The van der Waals surface area contributed by atoms with Gasteiger partial charge in [0.1, 0.15) is 5.60 Å². The van der Waals surface area contributed by atoms with E-state index < -0.39 is 5.60 Å². The van der Waals surface area contributed by atoms with E-state index in [-0.39, 0.29) is 6.09 Å². The zero-order valence-electron chi connectivity index (χ0n) is 13.4. The van der Waals surface area contributed by atoms with Crippen LogP contribution in [0.25, 0.3) is 0 Å². The molecule has 0 unspecified atom stereocenters. The van der Waals surface area contributed by atoms with Crippen LogP contribution in [0.2, 0.25) is 0 Å². The van der Waals surface area contributed by atoms with E-state index >= 15 is 0 Å². The maximum atomic E-state index is 12.4. The molecule has 0 aromatic rings. The molecule has 20 heavy (non-hydrogen) atoms. The first kappa shape index (κ1) is 16.9. The number of carbonyl (C=O) groups excluding carboxylic acids is 1. The summed E-state index contributed by atoms with van der Waals surface area (Å²) in [7, 11) is 0. The molecule has 0 spiro atoms. The average Bonchev–Trinajstić information content (AvgIpc) is 2.34. The van der Waals surface area contributed by atoms with E-state index in [0.29, 0.717) is 19.0 Å². The number of unbranched alkanes of at least 4 members (excludes halogenated alkanes) is 1. The molecule has 3 nitrogen and oxygen atoms in total. The van der Waals surface area contributed by atoms with E-state index in [4.69, 9.17) is 11.2 Å². The minimum Gasteiger partial charge on any atom is -0.444 e. The highest BCUT2D eigenvalue weighted by molar-refractivity contribution is 5.68. The Bertz CT molecular complexity index is 343. The van der Waals surface area contributed by atoms with Crippen molar-refractivity contribution in [2.75, 3.05) is 6.54 Å². The molecule has 1 saturated carbocycles. The molecule has 3 heteroatoms. The van der Waals surface area contributed by atoms with Gasteiger partial charge in [0.2, 0.25) is 0 Å².